The van der Waals surface area contributed by atoms with Gasteiger partial charge >= 0.3 is 0 Å². The van der Waals surface area contributed by atoms with Crippen molar-refractivity contribution in [2.24, 2.45) is 0 Å². The van der Waals surface area contributed by atoms with E-state index >= 15 is 0 Å². The number of morpholine rings is 1. The van der Waals surface area contributed by atoms with Crippen LogP contribution in [0.4, 0.5) is 0 Å². The van der Waals surface area contributed by atoms with Crippen molar-refractivity contribution >= 4 is 0 Å². The number of nitrogens with one attached hydrogen (secondary N) is 1. The van der Waals surface area contributed by atoms with Crippen molar-refractivity contribution in [3.63, 3.8) is 0 Å². The van der Waals surface area contributed by atoms with Gasteiger partial charge in [-0.05, 0) is 0 Å². The van der Waals surface area contributed by atoms with Crippen LogP contribution in [0.25, 0.3) is 0 Å². The standard InChI is InChI=1S/C9H16N2O/c1-3-9(2,8-10)11-4-6-12-7-5-11/h3-7H2,1-2H3/p+1/t9-/m0/s1. The fourth-order valence-corrected chi connectivity index (χ4v) is 1.58. The van der Waals surface area contributed by atoms with Crippen molar-refractivity contribution in [1.82, 2.24) is 0 Å². The number of nitrogens with zero attached hydrogens (tertiary/aromatic N) is 1. The van der Waals surface area contributed by atoms with E-state index in [2.05, 4.69) is 13.0 Å². The summed E-state index contributed by atoms with van der Waals surface area (Å²) in [4.78, 5) is 1.37. The van der Waals surface area contributed by atoms with Crippen LogP contribution in [0.15, 0.2) is 0 Å². The first kappa shape index (κ1) is 9.50. The molecule has 1 aliphatic rings. The van der Waals surface area contributed by atoms with Gasteiger partial charge in [-0.3, -0.25) is 0 Å². The Labute approximate surface area is 73.9 Å². The van der Waals surface area contributed by atoms with Crippen LogP contribution in [0, 0.1) is 11.3 Å². The normalized spacial score (nSPS) is 24.4. The molecular formula is C9H17N2O+. The molecule has 0 saturated carbocycles. The van der Waals surface area contributed by atoms with E-state index in [0.717, 1.165) is 32.7 Å². The molecule has 0 radical (unpaired) electrons. The third-order valence-electron chi connectivity index (χ3n) is 2.83. The van der Waals surface area contributed by atoms with Gasteiger partial charge in [0.05, 0.1) is 13.2 Å². The summed E-state index contributed by atoms with van der Waals surface area (Å²) in [5, 5.41) is 9.03. The van der Waals surface area contributed by atoms with Gasteiger partial charge in [-0.15, -0.1) is 0 Å². The monoisotopic (exact) mass is 169 g/mol. The maximum atomic E-state index is 9.03. The van der Waals surface area contributed by atoms with Crippen LogP contribution in [0.2, 0.25) is 0 Å². The highest BCUT2D eigenvalue weighted by molar-refractivity contribution is 4.95. The molecule has 3 nitrogen and oxygen atoms in total. The fraction of sp³-hybridized carbons (Fsp3) is 0.889. The molecule has 1 heterocycles. The summed E-state index contributed by atoms with van der Waals surface area (Å²) in [6.45, 7) is 7.65. The first-order valence-corrected chi connectivity index (χ1v) is 4.57. The number of hydrogen-bond acceptors (Lipinski definition) is 2. The lowest BCUT2D eigenvalue weighted by Crippen LogP contribution is -3.21. The summed E-state index contributed by atoms with van der Waals surface area (Å²) in [6.07, 6.45) is 0.916. The lowest BCUT2D eigenvalue weighted by atomic mass is 9.98. The Morgan fingerprint density at radius 3 is 2.50 bits per heavy atom. The summed E-state index contributed by atoms with van der Waals surface area (Å²) in [5.41, 5.74) is -0.205. The molecule has 1 saturated heterocycles. The van der Waals surface area contributed by atoms with E-state index in [1.807, 2.05) is 6.92 Å². The molecule has 0 aliphatic carbocycles. The van der Waals surface area contributed by atoms with Crippen LogP contribution >= 0.6 is 0 Å². The van der Waals surface area contributed by atoms with Crippen molar-refractivity contribution in [3.8, 4) is 6.07 Å². The predicted molar refractivity (Wildman–Crippen MR) is 45.8 cm³/mol. The maximum absolute atomic E-state index is 9.03. The van der Waals surface area contributed by atoms with Gasteiger partial charge in [-0.25, -0.2) is 0 Å². The van der Waals surface area contributed by atoms with Gasteiger partial charge in [0.15, 0.2) is 5.54 Å². The summed E-state index contributed by atoms with van der Waals surface area (Å²) in [6, 6.07) is 2.41. The molecule has 0 unspecified atom stereocenters. The largest absolute Gasteiger partial charge is 0.370 e. The van der Waals surface area contributed by atoms with Crippen LogP contribution in [-0.4, -0.2) is 31.8 Å². The molecule has 12 heavy (non-hydrogen) atoms. The first-order valence-electron chi connectivity index (χ1n) is 4.57. The first-order chi connectivity index (χ1) is 5.73. The second-order valence-electron chi connectivity index (χ2n) is 3.51. The lowest BCUT2D eigenvalue weighted by molar-refractivity contribution is -0.948. The second kappa shape index (κ2) is 3.88. The van der Waals surface area contributed by atoms with Crippen molar-refractivity contribution in [2.45, 2.75) is 25.8 Å². The second-order valence-corrected chi connectivity index (χ2v) is 3.51. The Kier molecular flexibility index (Phi) is 3.07. The quantitative estimate of drug-likeness (QED) is 0.610. The van der Waals surface area contributed by atoms with Crippen molar-refractivity contribution in [2.75, 3.05) is 26.3 Å². The number of ether oxygens (including phenoxy) is 1. The van der Waals surface area contributed by atoms with Crippen molar-refractivity contribution in [3.05, 3.63) is 0 Å². The molecular weight excluding hydrogens is 152 g/mol. The molecule has 0 aromatic carbocycles. The molecule has 68 valence electrons. The van der Waals surface area contributed by atoms with Gasteiger partial charge in [0, 0.05) is 13.3 Å². The van der Waals surface area contributed by atoms with E-state index in [0.29, 0.717) is 0 Å². The van der Waals surface area contributed by atoms with E-state index < -0.39 is 0 Å². The molecule has 0 amide bonds. The van der Waals surface area contributed by atoms with Gasteiger partial charge in [0.2, 0.25) is 0 Å². The Morgan fingerprint density at radius 1 is 1.50 bits per heavy atom. The summed E-state index contributed by atoms with van der Waals surface area (Å²) in [5.74, 6) is 0. The highest BCUT2D eigenvalue weighted by Gasteiger charge is 2.34. The highest BCUT2D eigenvalue weighted by Crippen LogP contribution is 2.02. The van der Waals surface area contributed by atoms with Gasteiger partial charge in [0.25, 0.3) is 0 Å². The van der Waals surface area contributed by atoms with E-state index in [4.69, 9.17) is 10.00 Å². The molecule has 1 rings (SSSR count). The SMILES string of the molecule is CC[C@@](C)(C#N)[NH+]1CCOCC1. The highest BCUT2D eigenvalue weighted by atomic mass is 16.5. The summed E-state index contributed by atoms with van der Waals surface area (Å²) in [7, 11) is 0. The van der Waals surface area contributed by atoms with Gasteiger partial charge < -0.3 is 9.64 Å². The number of quaternary nitrogens is 1. The summed E-state index contributed by atoms with van der Waals surface area (Å²) >= 11 is 0. The number of hydrogen-bond donors (Lipinski definition) is 1. The predicted octanol–water partition coefficient (Wildman–Crippen LogP) is -0.406. The molecule has 1 fully saturated rings. The zero-order valence-electron chi connectivity index (χ0n) is 7.89. The Bertz CT molecular complexity index is 181. The minimum absolute atomic E-state index is 0.205. The molecule has 3 heteroatoms. The fourth-order valence-electron chi connectivity index (χ4n) is 1.58. The van der Waals surface area contributed by atoms with Gasteiger partial charge in [0.1, 0.15) is 19.2 Å². The van der Waals surface area contributed by atoms with E-state index in [-0.39, 0.29) is 5.54 Å². The lowest BCUT2D eigenvalue weighted by Gasteiger charge is -2.34. The van der Waals surface area contributed by atoms with Gasteiger partial charge in [-0.2, -0.15) is 5.26 Å². The minimum atomic E-state index is -0.205. The zero-order valence-corrected chi connectivity index (χ0v) is 7.89. The van der Waals surface area contributed by atoms with Crippen molar-refractivity contribution < 1.29 is 9.64 Å². The molecule has 0 aromatic heterocycles. The third kappa shape index (κ3) is 1.77. The average Bonchev–Trinajstić information content (AvgIpc) is 2.18. The van der Waals surface area contributed by atoms with Crippen LogP contribution in [-0.2, 0) is 4.74 Å². The molecule has 0 bridgehead atoms. The van der Waals surface area contributed by atoms with E-state index in [1.54, 1.807) is 0 Å². The van der Waals surface area contributed by atoms with Crippen molar-refractivity contribution in [1.29, 1.82) is 5.26 Å². The van der Waals surface area contributed by atoms with Crippen LogP contribution in [0.5, 0.6) is 0 Å². The van der Waals surface area contributed by atoms with E-state index in [9.17, 15) is 0 Å². The molecule has 1 aliphatic heterocycles. The topological polar surface area (TPSA) is 37.5 Å². The third-order valence-corrected chi connectivity index (χ3v) is 2.83. The van der Waals surface area contributed by atoms with E-state index in [1.165, 1.54) is 4.90 Å². The van der Waals surface area contributed by atoms with Crippen LogP contribution < -0.4 is 4.90 Å². The number of rotatable bonds is 2. The maximum Gasteiger partial charge on any atom is 0.181 e. The Hall–Kier alpha value is -0.590. The van der Waals surface area contributed by atoms with Crippen LogP contribution in [0.3, 0.4) is 0 Å². The molecule has 1 N–H and O–H groups in total. The smallest absolute Gasteiger partial charge is 0.181 e. The average molecular weight is 169 g/mol. The van der Waals surface area contributed by atoms with Gasteiger partial charge in [-0.1, -0.05) is 6.92 Å². The molecule has 0 spiro atoms. The zero-order chi connectivity index (χ0) is 9.03. The Morgan fingerprint density at radius 2 is 2.08 bits per heavy atom. The van der Waals surface area contributed by atoms with Crippen LogP contribution in [0.1, 0.15) is 20.3 Å². The molecule has 0 aromatic rings. The minimum Gasteiger partial charge on any atom is -0.370 e. The number of nitriles is 1. The molecule has 1 atom stereocenters. The summed E-state index contributed by atoms with van der Waals surface area (Å²) < 4.78 is 5.25. The Balaban J connectivity index is 2.59.